The largest absolute Gasteiger partial charge is 0.490 e. The summed E-state index contributed by atoms with van der Waals surface area (Å²) in [5.41, 5.74) is 2.10. The molecule has 2 N–H and O–H groups in total. The zero-order chi connectivity index (χ0) is 20.0. The molecule has 2 aromatic rings. The Labute approximate surface area is 158 Å². The molecule has 1 aromatic heterocycles. The maximum Gasteiger partial charge on any atom is 0.352 e. The monoisotopic (exact) mass is 371 g/mol. The average molecular weight is 371 g/mol. The van der Waals surface area contributed by atoms with E-state index in [9.17, 15) is 14.7 Å². The molecular formula is C21H25NO5. The van der Waals surface area contributed by atoms with Gasteiger partial charge in [-0.25, -0.2) is 4.79 Å². The van der Waals surface area contributed by atoms with E-state index < -0.39 is 5.97 Å². The quantitative estimate of drug-likeness (QED) is 0.503. The van der Waals surface area contributed by atoms with Crippen molar-refractivity contribution in [3.63, 3.8) is 0 Å². The van der Waals surface area contributed by atoms with Crippen LogP contribution in [0.1, 0.15) is 57.9 Å². The highest BCUT2D eigenvalue weighted by Gasteiger charge is 2.20. The number of aromatic amines is 1. The summed E-state index contributed by atoms with van der Waals surface area (Å²) in [6, 6.07) is 5.51. The lowest BCUT2D eigenvalue weighted by Crippen LogP contribution is -2.02. The summed E-state index contributed by atoms with van der Waals surface area (Å²) in [4.78, 5) is 26.7. The van der Waals surface area contributed by atoms with Gasteiger partial charge in [0.05, 0.1) is 13.2 Å². The third kappa shape index (κ3) is 4.58. The van der Waals surface area contributed by atoms with E-state index in [1.807, 2.05) is 32.0 Å². The van der Waals surface area contributed by atoms with Crippen molar-refractivity contribution in [2.24, 2.45) is 0 Å². The van der Waals surface area contributed by atoms with Crippen LogP contribution >= 0.6 is 0 Å². The van der Waals surface area contributed by atoms with E-state index in [0.717, 1.165) is 12.0 Å². The van der Waals surface area contributed by atoms with Gasteiger partial charge in [0.15, 0.2) is 17.3 Å². The number of carboxylic acid groups (broad SMARTS) is 1. The summed E-state index contributed by atoms with van der Waals surface area (Å²) in [6.07, 6.45) is 3.95. The van der Waals surface area contributed by atoms with Crippen molar-refractivity contribution in [2.75, 3.05) is 13.2 Å². The van der Waals surface area contributed by atoms with E-state index in [4.69, 9.17) is 9.47 Å². The number of aryl methyl sites for hydroxylation is 1. The highest BCUT2D eigenvalue weighted by atomic mass is 16.5. The molecule has 6 nitrogen and oxygen atoms in total. The summed E-state index contributed by atoms with van der Waals surface area (Å²) in [6.45, 7) is 8.27. The molecule has 0 saturated heterocycles. The Morgan fingerprint density at radius 2 is 1.93 bits per heavy atom. The molecule has 0 aliphatic carbocycles. The molecular weight excluding hydrogens is 346 g/mol. The number of ketones is 1. The Balaban J connectivity index is 2.36. The minimum Gasteiger partial charge on any atom is -0.490 e. The maximum atomic E-state index is 12.7. The van der Waals surface area contributed by atoms with Gasteiger partial charge in [-0.1, -0.05) is 19.1 Å². The number of aromatic nitrogens is 1. The fraction of sp³-hybridized carbons (Fsp3) is 0.333. The van der Waals surface area contributed by atoms with Gasteiger partial charge in [-0.05, 0) is 51.0 Å². The summed E-state index contributed by atoms with van der Waals surface area (Å²) < 4.78 is 11.4. The van der Waals surface area contributed by atoms with E-state index in [0.29, 0.717) is 41.5 Å². The number of allylic oxidation sites excluding steroid dienone is 1. The first-order chi connectivity index (χ1) is 12.9. The van der Waals surface area contributed by atoms with Gasteiger partial charge in [-0.3, -0.25) is 4.79 Å². The standard InChI is InChI=1S/C21H25NO5/c1-5-12-27-20-15(8-7-9-17(20)26-6-2)10-11-16(23)18-13(3)19(21(24)25)22-14(18)4/h7-11,22H,5-6,12H2,1-4H3,(H,24,25)/b11-10+. The van der Waals surface area contributed by atoms with Crippen molar-refractivity contribution in [1.82, 2.24) is 4.98 Å². The molecule has 6 heteroatoms. The summed E-state index contributed by atoms with van der Waals surface area (Å²) in [7, 11) is 0. The molecule has 0 aliphatic heterocycles. The van der Waals surface area contributed by atoms with Crippen LogP contribution in [0.15, 0.2) is 24.3 Å². The number of aromatic carboxylic acids is 1. The van der Waals surface area contributed by atoms with Crippen LogP contribution in [0.3, 0.4) is 0 Å². The molecule has 2 rings (SSSR count). The van der Waals surface area contributed by atoms with Crippen molar-refractivity contribution in [2.45, 2.75) is 34.1 Å². The highest BCUT2D eigenvalue weighted by molar-refractivity contribution is 6.10. The Hall–Kier alpha value is -3.02. The third-order valence-corrected chi connectivity index (χ3v) is 4.07. The van der Waals surface area contributed by atoms with Gasteiger partial charge in [0, 0.05) is 16.8 Å². The second kappa shape index (κ2) is 9.07. The van der Waals surface area contributed by atoms with Crippen LogP contribution in [-0.2, 0) is 0 Å². The van der Waals surface area contributed by atoms with E-state index in [-0.39, 0.29) is 11.5 Å². The lowest BCUT2D eigenvalue weighted by Gasteiger charge is -2.13. The highest BCUT2D eigenvalue weighted by Crippen LogP contribution is 2.32. The minimum atomic E-state index is -1.08. The number of carbonyl (C=O) groups excluding carboxylic acids is 1. The van der Waals surface area contributed by atoms with Crippen molar-refractivity contribution in [3.8, 4) is 11.5 Å². The van der Waals surface area contributed by atoms with Gasteiger partial charge >= 0.3 is 5.97 Å². The van der Waals surface area contributed by atoms with Crippen LogP contribution in [0.4, 0.5) is 0 Å². The second-order valence-corrected chi connectivity index (χ2v) is 6.08. The summed E-state index contributed by atoms with van der Waals surface area (Å²) in [5, 5.41) is 9.20. The Morgan fingerprint density at radius 3 is 2.52 bits per heavy atom. The fourth-order valence-corrected chi connectivity index (χ4v) is 2.87. The molecule has 1 aromatic carbocycles. The zero-order valence-electron chi connectivity index (χ0n) is 16.1. The van der Waals surface area contributed by atoms with Crippen LogP contribution in [-0.4, -0.2) is 35.1 Å². The van der Waals surface area contributed by atoms with Gasteiger partial charge in [0.25, 0.3) is 0 Å². The van der Waals surface area contributed by atoms with E-state index in [2.05, 4.69) is 4.98 Å². The molecule has 0 unspecified atom stereocenters. The van der Waals surface area contributed by atoms with E-state index in [1.165, 1.54) is 6.08 Å². The molecule has 0 radical (unpaired) electrons. The van der Waals surface area contributed by atoms with Crippen LogP contribution in [0.25, 0.3) is 6.08 Å². The molecule has 27 heavy (non-hydrogen) atoms. The smallest absolute Gasteiger partial charge is 0.352 e. The number of benzene rings is 1. The normalized spacial score (nSPS) is 11.0. The number of para-hydroxylation sites is 1. The van der Waals surface area contributed by atoms with Crippen LogP contribution in [0.2, 0.25) is 0 Å². The summed E-state index contributed by atoms with van der Waals surface area (Å²) in [5.74, 6) is -0.128. The molecule has 1 heterocycles. The Kier molecular flexibility index (Phi) is 6.82. The van der Waals surface area contributed by atoms with Crippen LogP contribution < -0.4 is 9.47 Å². The van der Waals surface area contributed by atoms with Crippen molar-refractivity contribution < 1.29 is 24.2 Å². The minimum absolute atomic E-state index is 0.0366. The number of H-pyrrole nitrogens is 1. The SMILES string of the molecule is CCCOc1c(/C=C/C(=O)c2c(C)[nH]c(C(=O)O)c2C)cccc1OCC. The predicted octanol–water partition coefficient (Wildman–Crippen LogP) is 4.41. The Bertz CT molecular complexity index is 864. The molecule has 0 spiro atoms. The molecule has 0 atom stereocenters. The molecule has 0 fully saturated rings. The van der Waals surface area contributed by atoms with Gasteiger partial charge in [0.2, 0.25) is 0 Å². The number of nitrogens with one attached hydrogen (secondary N) is 1. The predicted molar refractivity (Wildman–Crippen MR) is 104 cm³/mol. The zero-order valence-corrected chi connectivity index (χ0v) is 16.1. The van der Waals surface area contributed by atoms with Crippen LogP contribution in [0.5, 0.6) is 11.5 Å². The number of ether oxygens (including phenoxy) is 2. The Morgan fingerprint density at radius 1 is 1.19 bits per heavy atom. The average Bonchev–Trinajstić information content (AvgIpc) is 2.93. The molecule has 144 valence electrons. The lowest BCUT2D eigenvalue weighted by atomic mass is 10.0. The number of rotatable bonds is 9. The van der Waals surface area contributed by atoms with E-state index >= 15 is 0 Å². The maximum absolute atomic E-state index is 12.7. The van der Waals surface area contributed by atoms with Gasteiger partial charge in [0.1, 0.15) is 5.69 Å². The fourth-order valence-electron chi connectivity index (χ4n) is 2.87. The molecule has 0 bridgehead atoms. The van der Waals surface area contributed by atoms with Crippen molar-refractivity contribution in [3.05, 3.63) is 52.4 Å². The first-order valence-electron chi connectivity index (χ1n) is 8.94. The number of carboxylic acids is 1. The summed E-state index contributed by atoms with van der Waals surface area (Å²) >= 11 is 0. The molecule has 0 amide bonds. The van der Waals surface area contributed by atoms with Crippen molar-refractivity contribution >= 4 is 17.8 Å². The van der Waals surface area contributed by atoms with Crippen LogP contribution in [0, 0.1) is 13.8 Å². The topological polar surface area (TPSA) is 88.6 Å². The molecule has 0 saturated carbocycles. The van der Waals surface area contributed by atoms with E-state index in [1.54, 1.807) is 19.9 Å². The van der Waals surface area contributed by atoms with Gasteiger partial charge in [-0.2, -0.15) is 0 Å². The first-order valence-corrected chi connectivity index (χ1v) is 8.94. The number of hydrogen-bond acceptors (Lipinski definition) is 4. The van der Waals surface area contributed by atoms with Gasteiger partial charge in [-0.15, -0.1) is 0 Å². The second-order valence-electron chi connectivity index (χ2n) is 6.08. The first kappa shape index (κ1) is 20.3. The number of hydrogen-bond donors (Lipinski definition) is 2. The van der Waals surface area contributed by atoms with Gasteiger partial charge < -0.3 is 19.6 Å². The molecule has 0 aliphatic rings. The lowest BCUT2D eigenvalue weighted by molar-refractivity contribution is 0.0690. The number of carbonyl (C=O) groups is 2. The third-order valence-electron chi connectivity index (χ3n) is 4.07. The van der Waals surface area contributed by atoms with Crippen molar-refractivity contribution in [1.29, 1.82) is 0 Å².